The van der Waals surface area contributed by atoms with Gasteiger partial charge in [-0.2, -0.15) is 0 Å². The quantitative estimate of drug-likeness (QED) is 0.786. The summed E-state index contributed by atoms with van der Waals surface area (Å²) < 4.78 is 5.04. The first kappa shape index (κ1) is 14.1. The lowest BCUT2D eigenvalue weighted by Gasteiger charge is -2.04. The number of hydrogen-bond acceptors (Lipinski definition) is 4. The summed E-state index contributed by atoms with van der Waals surface area (Å²) >= 11 is 7.17. The summed E-state index contributed by atoms with van der Waals surface area (Å²) in [6.45, 7) is 1.81. The number of benzene rings is 1. The first-order valence-electron chi connectivity index (χ1n) is 5.04. The van der Waals surface area contributed by atoms with Crippen LogP contribution in [0.5, 0.6) is 5.75 Å². The summed E-state index contributed by atoms with van der Waals surface area (Å²) in [4.78, 5) is 15.5. The highest BCUT2D eigenvalue weighted by Crippen LogP contribution is 2.28. The number of halogens is 1. The molecule has 1 rings (SSSR count). The van der Waals surface area contributed by atoms with Crippen LogP contribution in [0.2, 0.25) is 5.02 Å². The molecule has 0 radical (unpaired) electrons. The number of ether oxygens (including phenoxy) is 1. The molecule has 0 aliphatic heterocycles. The fourth-order valence-corrected chi connectivity index (χ4v) is 1.86. The number of methoxy groups -OCH3 is 1. The van der Waals surface area contributed by atoms with Crippen LogP contribution in [0.3, 0.4) is 0 Å². The number of aliphatic imine (C=N–C) groups is 1. The third kappa shape index (κ3) is 4.06. The predicted molar refractivity (Wildman–Crippen MR) is 73.8 cm³/mol. The molecular formula is C12H14ClNO2S. The predicted octanol–water partition coefficient (Wildman–Crippen LogP) is 3.58. The number of thioether (sulfide) groups is 1. The molecule has 0 bridgehead atoms. The maximum Gasteiger partial charge on any atom is 0.196 e. The van der Waals surface area contributed by atoms with Gasteiger partial charge >= 0.3 is 0 Å². The maximum absolute atomic E-state index is 11.3. The molecule has 0 amide bonds. The Kier molecular flexibility index (Phi) is 5.51. The average Bonchev–Trinajstić information content (AvgIpc) is 2.35. The van der Waals surface area contributed by atoms with Crippen LogP contribution in [0.15, 0.2) is 23.2 Å². The molecule has 17 heavy (non-hydrogen) atoms. The molecule has 0 fully saturated rings. The highest BCUT2D eigenvalue weighted by atomic mass is 35.5. The zero-order chi connectivity index (χ0) is 12.8. The normalized spacial score (nSPS) is 12.7. The molecule has 0 spiro atoms. The molecule has 5 heteroatoms. The van der Waals surface area contributed by atoms with Crippen molar-refractivity contribution in [3.63, 3.8) is 0 Å². The van der Waals surface area contributed by atoms with E-state index in [-0.39, 0.29) is 11.0 Å². The minimum Gasteiger partial charge on any atom is -0.495 e. The van der Waals surface area contributed by atoms with E-state index in [9.17, 15) is 4.79 Å². The third-order valence-electron chi connectivity index (χ3n) is 2.16. The second kappa shape index (κ2) is 6.67. The van der Waals surface area contributed by atoms with Gasteiger partial charge in [-0.3, -0.25) is 9.79 Å². The average molecular weight is 272 g/mol. The van der Waals surface area contributed by atoms with E-state index in [1.54, 1.807) is 37.8 Å². The van der Waals surface area contributed by atoms with Gasteiger partial charge in [-0.05, 0) is 31.4 Å². The fraction of sp³-hybridized carbons (Fsp3) is 0.333. The summed E-state index contributed by atoms with van der Waals surface area (Å²) in [5.74, 6) is 0.407. The van der Waals surface area contributed by atoms with Gasteiger partial charge in [-0.15, -0.1) is 0 Å². The molecule has 1 aromatic rings. The van der Waals surface area contributed by atoms with Crippen molar-refractivity contribution in [2.24, 2.45) is 10.9 Å². The Morgan fingerprint density at radius 1 is 1.59 bits per heavy atom. The number of rotatable bonds is 4. The lowest BCUT2D eigenvalue weighted by Crippen LogP contribution is -2.06. The molecule has 0 aromatic heterocycles. The Labute approximate surface area is 110 Å². The van der Waals surface area contributed by atoms with Crippen molar-refractivity contribution in [2.75, 3.05) is 13.4 Å². The van der Waals surface area contributed by atoms with Gasteiger partial charge in [0.15, 0.2) is 5.12 Å². The second-order valence-electron chi connectivity index (χ2n) is 3.41. The lowest BCUT2D eigenvalue weighted by atomic mass is 10.2. The van der Waals surface area contributed by atoms with E-state index in [1.807, 2.05) is 6.92 Å². The number of carbonyl (C=O) groups is 1. The molecule has 92 valence electrons. The van der Waals surface area contributed by atoms with Crippen molar-refractivity contribution in [3.8, 4) is 5.75 Å². The van der Waals surface area contributed by atoms with Crippen LogP contribution in [-0.2, 0) is 4.79 Å². The van der Waals surface area contributed by atoms with Crippen LogP contribution in [0.4, 0.5) is 5.69 Å². The third-order valence-corrected chi connectivity index (χ3v) is 3.23. The van der Waals surface area contributed by atoms with Crippen molar-refractivity contribution in [1.82, 2.24) is 0 Å². The second-order valence-corrected chi connectivity index (χ2v) is 4.63. The van der Waals surface area contributed by atoms with Crippen LogP contribution < -0.4 is 4.74 Å². The summed E-state index contributed by atoms with van der Waals surface area (Å²) in [6.07, 6.45) is 3.38. The molecule has 0 aliphatic rings. The van der Waals surface area contributed by atoms with E-state index in [4.69, 9.17) is 16.3 Å². The summed E-state index contributed by atoms with van der Waals surface area (Å²) in [7, 11) is 1.56. The number of carbonyl (C=O) groups excluding carboxylic acids is 1. The van der Waals surface area contributed by atoms with Crippen LogP contribution in [0, 0.1) is 5.92 Å². The Balaban J connectivity index is 2.78. The van der Waals surface area contributed by atoms with Crippen LogP contribution in [0.25, 0.3) is 0 Å². The Morgan fingerprint density at radius 3 is 2.82 bits per heavy atom. The van der Waals surface area contributed by atoms with E-state index in [2.05, 4.69) is 4.99 Å². The van der Waals surface area contributed by atoms with Gasteiger partial charge in [0, 0.05) is 6.21 Å². The van der Waals surface area contributed by atoms with Gasteiger partial charge in [-0.25, -0.2) is 0 Å². The molecule has 0 N–H and O–H groups in total. The summed E-state index contributed by atoms with van der Waals surface area (Å²) in [5, 5.41) is 0.597. The minimum absolute atomic E-state index is 0.0911. The van der Waals surface area contributed by atoms with Crippen molar-refractivity contribution in [3.05, 3.63) is 23.2 Å². The largest absolute Gasteiger partial charge is 0.495 e. The van der Waals surface area contributed by atoms with Crippen LogP contribution >= 0.6 is 23.4 Å². The fourth-order valence-electron chi connectivity index (χ4n) is 1.18. The molecule has 0 aliphatic carbocycles. The zero-order valence-electron chi connectivity index (χ0n) is 9.94. The molecule has 1 atom stereocenters. The van der Waals surface area contributed by atoms with Gasteiger partial charge in [0.25, 0.3) is 0 Å². The SMILES string of the molecule is COc1ccc(N=CC(C)C(=O)SC)cc1Cl. The lowest BCUT2D eigenvalue weighted by molar-refractivity contribution is -0.112. The molecular weight excluding hydrogens is 258 g/mol. The molecule has 3 nitrogen and oxygen atoms in total. The van der Waals surface area contributed by atoms with E-state index < -0.39 is 0 Å². The highest BCUT2D eigenvalue weighted by molar-refractivity contribution is 8.13. The Morgan fingerprint density at radius 2 is 2.29 bits per heavy atom. The topological polar surface area (TPSA) is 38.7 Å². The maximum atomic E-state index is 11.3. The van der Waals surface area contributed by atoms with Crippen molar-refractivity contribution < 1.29 is 9.53 Å². The van der Waals surface area contributed by atoms with Gasteiger partial charge < -0.3 is 4.74 Å². The zero-order valence-corrected chi connectivity index (χ0v) is 11.5. The van der Waals surface area contributed by atoms with E-state index in [1.165, 1.54) is 11.8 Å². The monoisotopic (exact) mass is 271 g/mol. The minimum atomic E-state index is -0.203. The van der Waals surface area contributed by atoms with Gasteiger partial charge in [-0.1, -0.05) is 23.4 Å². The van der Waals surface area contributed by atoms with Crippen molar-refractivity contribution >= 4 is 40.4 Å². The highest BCUT2D eigenvalue weighted by Gasteiger charge is 2.08. The summed E-state index contributed by atoms with van der Waals surface area (Å²) in [5.41, 5.74) is 0.705. The molecule has 0 saturated heterocycles. The van der Waals surface area contributed by atoms with Crippen LogP contribution in [0.1, 0.15) is 6.92 Å². The first-order chi connectivity index (χ1) is 8.08. The Hall–Kier alpha value is -1.00. The Bertz CT molecular complexity index is 435. The van der Waals surface area contributed by atoms with Gasteiger partial charge in [0.05, 0.1) is 23.7 Å². The van der Waals surface area contributed by atoms with Gasteiger partial charge in [0.1, 0.15) is 5.75 Å². The van der Waals surface area contributed by atoms with Crippen LogP contribution in [-0.4, -0.2) is 24.7 Å². The number of nitrogens with zero attached hydrogens (tertiary/aromatic N) is 1. The van der Waals surface area contributed by atoms with E-state index in [0.717, 1.165) is 0 Å². The van der Waals surface area contributed by atoms with Crippen molar-refractivity contribution in [2.45, 2.75) is 6.92 Å². The first-order valence-corrected chi connectivity index (χ1v) is 6.64. The van der Waals surface area contributed by atoms with Gasteiger partial charge in [0.2, 0.25) is 0 Å². The van der Waals surface area contributed by atoms with E-state index in [0.29, 0.717) is 16.5 Å². The standard InChI is InChI=1S/C12H14ClNO2S/c1-8(12(15)17-3)7-14-9-4-5-11(16-2)10(13)6-9/h4-8H,1-3H3. The molecule has 0 heterocycles. The molecule has 1 aromatic carbocycles. The van der Waals surface area contributed by atoms with E-state index >= 15 is 0 Å². The van der Waals surface area contributed by atoms with Crippen molar-refractivity contribution in [1.29, 1.82) is 0 Å². The summed E-state index contributed by atoms with van der Waals surface area (Å²) in [6, 6.07) is 5.24. The molecule has 0 saturated carbocycles. The number of hydrogen-bond donors (Lipinski definition) is 0. The molecule has 1 unspecified atom stereocenters. The smallest absolute Gasteiger partial charge is 0.196 e.